The summed E-state index contributed by atoms with van der Waals surface area (Å²) in [7, 11) is 0. The lowest BCUT2D eigenvalue weighted by Crippen LogP contribution is -2.59. The molecule has 0 aromatic carbocycles. The third kappa shape index (κ3) is 2.13. The lowest BCUT2D eigenvalue weighted by atomic mass is 9.42. The van der Waals surface area contributed by atoms with Crippen LogP contribution in [0.5, 0.6) is 0 Å². The van der Waals surface area contributed by atoms with Gasteiger partial charge in [0.15, 0.2) is 0 Å². The number of rotatable bonds is 1. The SMILES string of the molecule is CC1=CCC2C3(C)CCCC(C)(C)C3CCC2(C=O)C(O)C1. The highest BCUT2D eigenvalue weighted by Crippen LogP contribution is 2.66. The minimum Gasteiger partial charge on any atom is -0.392 e. The number of hydrogen-bond acceptors (Lipinski definition) is 2. The average Bonchev–Trinajstić information content (AvgIpc) is 2.56. The number of allylic oxidation sites excluding steroid dienone is 1. The number of carbonyl (C=O) groups excluding carboxylic acids is 1. The van der Waals surface area contributed by atoms with Crippen LogP contribution in [0.1, 0.15) is 72.6 Å². The molecule has 2 fully saturated rings. The van der Waals surface area contributed by atoms with Crippen LogP contribution in [0.2, 0.25) is 0 Å². The number of aliphatic hydroxyl groups excluding tert-OH is 1. The Balaban J connectivity index is 2.08. The molecule has 22 heavy (non-hydrogen) atoms. The lowest BCUT2D eigenvalue weighted by Gasteiger charge is -2.62. The van der Waals surface area contributed by atoms with Crippen molar-refractivity contribution in [2.45, 2.75) is 78.7 Å². The number of aldehydes is 1. The Morgan fingerprint density at radius 3 is 2.59 bits per heavy atom. The molecule has 0 aliphatic heterocycles. The molecule has 2 heteroatoms. The fourth-order valence-corrected chi connectivity index (χ4v) is 6.49. The summed E-state index contributed by atoms with van der Waals surface area (Å²) in [5, 5.41) is 10.9. The van der Waals surface area contributed by atoms with Crippen LogP contribution in [0.25, 0.3) is 0 Å². The zero-order valence-electron chi connectivity index (χ0n) is 14.7. The summed E-state index contributed by atoms with van der Waals surface area (Å²) < 4.78 is 0. The van der Waals surface area contributed by atoms with Crippen molar-refractivity contribution in [3.05, 3.63) is 11.6 Å². The van der Waals surface area contributed by atoms with Gasteiger partial charge in [-0.15, -0.1) is 0 Å². The molecule has 5 unspecified atom stereocenters. The zero-order chi connectivity index (χ0) is 16.2. The van der Waals surface area contributed by atoms with Gasteiger partial charge in [0.05, 0.1) is 11.5 Å². The van der Waals surface area contributed by atoms with Gasteiger partial charge in [-0.3, -0.25) is 0 Å². The summed E-state index contributed by atoms with van der Waals surface area (Å²) in [4.78, 5) is 12.2. The van der Waals surface area contributed by atoms with Gasteiger partial charge in [-0.1, -0.05) is 38.8 Å². The first-order chi connectivity index (χ1) is 10.3. The summed E-state index contributed by atoms with van der Waals surface area (Å²) in [5.74, 6) is 0.967. The molecule has 3 aliphatic rings. The van der Waals surface area contributed by atoms with Gasteiger partial charge in [0.25, 0.3) is 0 Å². The molecule has 5 atom stereocenters. The van der Waals surface area contributed by atoms with Gasteiger partial charge in [-0.05, 0) is 68.1 Å². The van der Waals surface area contributed by atoms with Crippen LogP contribution in [0.3, 0.4) is 0 Å². The molecule has 3 aliphatic carbocycles. The maximum Gasteiger partial charge on any atom is 0.129 e. The molecule has 0 aromatic rings. The Kier molecular flexibility index (Phi) is 3.83. The van der Waals surface area contributed by atoms with Gasteiger partial charge in [-0.2, -0.15) is 0 Å². The molecule has 124 valence electrons. The van der Waals surface area contributed by atoms with E-state index in [1.165, 1.54) is 24.8 Å². The van der Waals surface area contributed by atoms with Crippen molar-refractivity contribution in [3.8, 4) is 0 Å². The standard InChI is InChI=1S/C20H32O2/c1-14-6-7-16-19(4)10-5-9-18(2,3)15(19)8-11-20(16,13-21)17(22)12-14/h6,13,15-17,22H,5,7-12H2,1-4H3. The van der Waals surface area contributed by atoms with E-state index in [1.807, 2.05) is 0 Å². The van der Waals surface area contributed by atoms with Crippen molar-refractivity contribution in [3.63, 3.8) is 0 Å². The predicted octanol–water partition coefficient (Wildman–Crippen LogP) is 4.52. The molecule has 2 saturated carbocycles. The van der Waals surface area contributed by atoms with Crippen molar-refractivity contribution in [2.75, 3.05) is 0 Å². The van der Waals surface area contributed by atoms with E-state index in [-0.39, 0.29) is 5.41 Å². The van der Waals surface area contributed by atoms with Gasteiger partial charge in [0.2, 0.25) is 0 Å². The van der Waals surface area contributed by atoms with Crippen molar-refractivity contribution >= 4 is 6.29 Å². The average molecular weight is 304 g/mol. The quantitative estimate of drug-likeness (QED) is 0.571. The van der Waals surface area contributed by atoms with E-state index in [9.17, 15) is 9.90 Å². The molecule has 0 spiro atoms. The molecule has 0 bridgehead atoms. The molecule has 0 saturated heterocycles. The second-order valence-corrected chi connectivity index (χ2v) is 9.23. The smallest absolute Gasteiger partial charge is 0.129 e. The molecule has 0 radical (unpaired) electrons. The van der Waals surface area contributed by atoms with Crippen LogP contribution in [0.4, 0.5) is 0 Å². The predicted molar refractivity (Wildman–Crippen MR) is 89.4 cm³/mol. The number of hydrogen-bond donors (Lipinski definition) is 1. The Hall–Kier alpha value is -0.630. The molecular weight excluding hydrogens is 272 g/mol. The minimum absolute atomic E-state index is 0.184. The van der Waals surface area contributed by atoms with Gasteiger partial charge < -0.3 is 9.90 Å². The molecule has 0 aromatic heterocycles. The number of aliphatic hydroxyl groups is 1. The zero-order valence-corrected chi connectivity index (χ0v) is 14.7. The van der Waals surface area contributed by atoms with Gasteiger partial charge in [-0.25, -0.2) is 0 Å². The van der Waals surface area contributed by atoms with Crippen LogP contribution < -0.4 is 0 Å². The first kappa shape index (κ1) is 16.2. The summed E-state index contributed by atoms with van der Waals surface area (Å²) in [6.07, 6.45) is 10.3. The fourth-order valence-electron chi connectivity index (χ4n) is 6.49. The molecule has 3 rings (SSSR count). The molecular formula is C20H32O2. The van der Waals surface area contributed by atoms with Crippen LogP contribution in [0.15, 0.2) is 11.6 Å². The number of carbonyl (C=O) groups is 1. The normalized spacial score (nSPS) is 47.7. The largest absolute Gasteiger partial charge is 0.392 e. The van der Waals surface area contributed by atoms with E-state index >= 15 is 0 Å². The number of fused-ring (bicyclic) bond motifs is 3. The minimum atomic E-state index is -0.521. The van der Waals surface area contributed by atoms with E-state index in [1.54, 1.807) is 0 Å². The van der Waals surface area contributed by atoms with Gasteiger partial charge >= 0.3 is 0 Å². The van der Waals surface area contributed by atoms with Gasteiger partial charge in [0, 0.05) is 0 Å². The van der Waals surface area contributed by atoms with E-state index in [4.69, 9.17) is 0 Å². The summed E-state index contributed by atoms with van der Waals surface area (Å²) in [6, 6.07) is 0. The highest BCUT2D eigenvalue weighted by molar-refractivity contribution is 5.62. The molecule has 0 heterocycles. The Morgan fingerprint density at radius 2 is 1.91 bits per heavy atom. The topological polar surface area (TPSA) is 37.3 Å². The van der Waals surface area contributed by atoms with Crippen molar-refractivity contribution in [2.24, 2.45) is 28.1 Å². The van der Waals surface area contributed by atoms with E-state index in [0.717, 1.165) is 25.5 Å². The van der Waals surface area contributed by atoms with Crippen LogP contribution in [-0.4, -0.2) is 17.5 Å². The maximum atomic E-state index is 12.2. The lowest BCUT2D eigenvalue weighted by molar-refractivity contribution is -0.170. The third-order valence-corrected chi connectivity index (χ3v) is 7.64. The first-order valence-corrected chi connectivity index (χ1v) is 9.06. The van der Waals surface area contributed by atoms with Crippen LogP contribution in [0, 0.1) is 28.1 Å². The molecule has 2 nitrogen and oxygen atoms in total. The first-order valence-electron chi connectivity index (χ1n) is 9.06. The summed E-state index contributed by atoms with van der Waals surface area (Å²) in [6.45, 7) is 9.35. The summed E-state index contributed by atoms with van der Waals surface area (Å²) in [5.41, 5.74) is 1.27. The fraction of sp³-hybridized carbons (Fsp3) is 0.850. The highest BCUT2D eigenvalue weighted by atomic mass is 16.3. The molecule has 0 amide bonds. The van der Waals surface area contributed by atoms with Gasteiger partial charge in [0.1, 0.15) is 6.29 Å². The second-order valence-electron chi connectivity index (χ2n) is 9.23. The van der Waals surface area contributed by atoms with Crippen LogP contribution in [-0.2, 0) is 4.79 Å². The van der Waals surface area contributed by atoms with Crippen molar-refractivity contribution < 1.29 is 9.90 Å². The van der Waals surface area contributed by atoms with E-state index in [0.29, 0.717) is 23.7 Å². The third-order valence-electron chi connectivity index (χ3n) is 7.64. The Labute approximate surface area is 135 Å². The Morgan fingerprint density at radius 1 is 1.18 bits per heavy atom. The summed E-state index contributed by atoms with van der Waals surface area (Å²) >= 11 is 0. The van der Waals surface area contributed by atoms with Crippen LogP contribution >= 0.6 is 0 Å². The van der Waals surface area contributed by atoms with Crippen molar-refractivity contribution in [1.29, 1.82) is 0 Å². The van der Waals surface area contributed by atoms with E-state index in [2.05, 4.69) is 33.8 Å². The second kappa shape index (κ2) is 5.19. The van der Waals surface area contributed by atoms with Crippen molar-refractivity contribution in [1.82, 2.24) is 0 Å². The highest BCUT2D eigenvalue weighted by Gasteiger charge is 2.61. The maximum absolute atomic E-state index is 12.2. The van der Waals surface area contributed by atoms with E-state index < -0.39 is 11.5 Å². The molecule has 1 N–H and O–H groups in total. The Bertz CT molecular complexity index is 492. The monoisotopic (exact) mass is 304 g/mol.